The second kappa shape index (κ2) is 5.20. The molecule has 19 heavy (non-hydrogen) atoms. The molecule has 4 nitrogen and oxygen atoms in total. The zero-order valence-electron chi connectivity index (χ0n) is 11.1. The predicted octanol–water partition coefficient (Wildman–Crippen LogP) is 1.52. The number of fused-ring (bicyclic) bond motifs is 1. The number of aryl methyl sites for hydroxylation is 1. The monoisotopic (exact) mass is 258 g/mol. The van der Waals surface area contributed by atoms with Crippen molar-refractivity contribution in [3.05, 3.63) is 29.3 Å². The van der Waals surface area contributed by atoms with E-state index in [1.54, 1.807) is 0 Å². The van der Waals surface area contributed by atoms with Gasteiger partial charge in [-0.2, -0.15) is 5.26 Å². The lowest BCUT2D eigenvalue weighted by molar-refractivity contribution is -0.0105. The fraction of sp³-hybridized carbons (Fsp3) is 0.533. The van der Waals surface area contributed by atoms with E-state index in [2.05, 4.69) is 36.1 Å². The summed E-state index contributed by atoms with van der Waals surface area (Å²) in [7, 11) is 0. The van der Waals surface area contributed by atoms with Gasteiger partial charge in [-0.1, -0.05) is 17.7 Å². The van der Waals surface area contributed by atoms with E-state index >= 15 is 0 Å². The minimum Gasteiger partial charge on any atom is -0.488 e. The summed E-state index contributed by atoms with van der Waals surface area (Å²) < 4.78 is 11.3. The van der Waals surface area contributed by atoms with Crippen molar-refractivity contribution >= 4 is 0 Å². The van der Waals surface area contributed by atoms with Crippen molar-refractivity contribution < 1.29 is 9.47 Å². The summed E-state index contributed by atoms with van der Waals surface area (Å²) in [4.78, 5) is 2.26. The minimum atomic E-state index is -0.292. The Morgan fingerprint density at radius 2 is 2.37 bits per heavy atom. The largest absolute Gasteiger partial charge is 0.488 e. The molecule has 2 unspecified atom stereocenters. The molecule has 0 amide bonds. The first-order valence-corrected chi connectivity index (χ1v) is 6.74. The first-order chi connectivity index (χ1) is 9.24. The number of nitriles is 1. The molecule has 1 saturated heterocycles. The molecule has 0 aromatic heterocycles. The summed E-state index contributed by atoms with van der Waals surface area (Å²) in [6.45, 7) is 5.18. The van der Waals surface area contributed by atoms with E-state index in [9.17, 15) is 0 Å². The molecule has 2 atom stereocenters. The van der Waals surface area contributed by atoms with E-state index in [1.165, 1.54) is 11.1 Å². The highest BCUT2D eigenvalue weighted by Crippen LogP contribution is 2.29. The van der Waals surface area contributed by atoms with Gasteiger partial charge in [0, 0.05) is 26.1 Å². The molecule has 0 spiro atoms. The average Bonchev–Trinajstić information content (AvgIpc) is 2.80. The summed E-state index contributed by atoms with van der Waals surface area (Å²) in [6.07, 6.45) is 0.875. The Hall–Kier alpha value is -1.57. The van der Waals surface area contributed by atoms with Crippen molar-refractivity contribution in [2.45, 2.75) is 25.6 Å². The van der Waals surface area contributed by atoms with Crippen LogP contribution >= 0.6 is 0 Å². The lowest BCUT2D eigenvalue weighted by Crippen LogP contribution is -2.45. The second-order valence-corrected chi connectivity index (χ2v) is 5.30. The average molecular weight is 258 g/mol. The molecule has 100 valence electrons. The van der Waals surface area contributed by atoms with Crippen LogP contribution in [0.3, 0.4) is 0 Å². The Kier molecular flexibility index (Phi) is 3.41. The van der Waals surface area contributed by atoms with Gasteiger partial charge in [-0.05, 0) is 18.6 Å². The molecule has 0 radical (unpaired) electrons. The maximum Gasteiger partial charge on any atom is 0.156 e. The van der Waals surface area contributed by atoms with Crippen LogP contribution in [0.5, 0.6) is 5.75 Å². The van der Waals surface area contributed by atoms with E-state index in [-0.39, 0.29) is 12.2 Å². The van der Waals surface area contributed by atoms with Gasteiger partial charge in [0.1, 0.15) is 11.9 Å². The van der Waals surface area contributed by atoms with Crippen LogP contribution in [0.2, 0.25) is 0 Å². The first kappa shape index (κ1) is 12.5. The van der Waals surface area contributed by atoms with Crippen molar-refractivity contribution in [3.63, 3.8) is 0 Å². The molecule has 4 heteroatoms. The lowest BCUT2D eigenvalue weighted by atomic mass is 10.1. The molecular weight excluding hydrogens is 240 g/mol. The van der Waals surface area contributed by atoms with Gasteiger partial charge in [0.2, 0.25) is 0 Å². The molecule has 3 rings (SSSR count). The van der Waals surface area contributed by atoms with Crippen LogP contribution in [0.1, 0.15) is 11.1 Å². The maximum absolute atomic E-state index is 8.91. The third-order valence-corrected chi connectivity index (χ3v) is 3.71. The second-order valence-electron chi connectivity index (χ2n) is 5.30. The molecule has 2 aliphatic heterocycles. The summed E-state index contributed by atoms with van der Waals surface area (Å²) >= 11 is 0. The standard InChI is InChI=1S/C15H18N2O2/c1-11-2-3-15-12(6-11)7-13(19-15)9-17-4-5-18-14(8-16)10-17/h2-3,6,13-14H,4-5,7,9-10H2,1H3. The molecule has 0 aliphatic carbocycles. The fourth-order valence-electron chi connectivity index (χ4n) is 2.79. The SMILES string of the molecule is Cc1ccc2c(c1)CC(CN1CCOC(C#N)C1)O2. The van der Waals surface area contributed by atoms with Crippen LogP contribution in [-0.4, -0.2) is 43.3 Å². The van der Waals surface area contributed by atoms with Gasteiger partial charge in [0.05, 0.1) is 12.7 Å². The zero-order chi connectivity index (χ0) is 13.2. The third kappa shape index (κ3) is 2.73. The number of rotatable bonds is 2. The number of ether oxygens (including phenoxy) is 2. The highest BCUT2D eigenvalue weighted by Gasteiger charge is 2.27. The number of nitrogens with zero attached hydrogens (tertiary/aromatic N) is 2. The third-order valence-electron chi connectivity index (χ3n) is 3.71. The Labute approximate surface area is 113 Å². The molecule has 0 bridgehead atoms. The summed E-state index contributed by atoms with van der Waals surface area (Å²) in [5, 5.41) is 8.91. The van der Waals surface area contributed by atoms with Crippen molar-refractivity contribution in [2.24, 2.45) is 0 Å². The van der Waals surface area contributed by atoms with E-state index in [1.807, 2.05) is 0 Å². The molecule has 0 saturated carbocycles. The van der Waals surface area contributed by atoms with Gasteiger partial charge in [-0.25, -0.2) is 0 Å². The van der Waals surface area contributed by atoms with Gasteiger partial charge in [-0.15, -0.1) is 0 Å². The Morgan fingerprint density at radius 3 is 3.21 bits per heavy atom. The van der Waals surface area contributed by atoms with Crippen molar-refractivity contribution in [1.82, 2.24) is 4.90 Å². The Bertz CT molecular complexity index is 509. The molecule has 1 fully saturated rings. The van der Waals surface area contributed by atoms with Crippen LogP contribution in [0.25, 0.3) is 0 Å². The number of benzene rings is 1. The molecule has 1 aromatic rings. The topological polar surface area (TPSA) is 45.5 Å². The normalized spacial score (nSPS) is 26.5. The van der Waals surface area contributed by atoms with E-state index < -0.39 is 0 Å². The van der Waals surface area contributed by atoms with Gasteiger partial charge in [0.25, 0.3) is 0 Å². The van der Waals surface area contributed by atoms with E-state index in [0.717, 1.165) is 25.3 Å². The first-order valence-electron chi connectivity index (χ1n) is 6.74. The highest BCUT2D eigenvalue weighted by molar-refractivity contribution is 5.40. The lowest BCUT2D eigenvalue weighted by Gasteiger charge is -2.31. The van der Waals surface area contributed by atoms with Gasteiger partial charge < -0.3 is 9.47 Å². The minimum absolute atomic E-state index is 0.203. The van der Waals surface area contributed by atoms with E-state index in [0.29, 0.717) is 13.2 Å². The van der Waals surface area contributed by atoms with Crippen LogP contribution in [0.15, 0.2) is 18.2 Å². The van der Waals surface area contributed by atoms with Gasteiger partial charge in [0.15, 0.2) is 6.10 Å². The Balaban J connectivity index is 1.60. The predicted molar refractivity (Wildman–Crippen MR) is 71.1 cm³/mol. The van der Waals surface area contributed by atoms with Crippen molar-refractivity contribution in [2.75, 3.05) is 26.2 Å². The summed E-state index contributed by atoms with van der Waals surface area (Å²) in [5.74, 6) is 1.01. The maximum atomic E-state index is 8.91. The van der Waals surface area contributed by atoms with Gasteiger partial charge in [-0.3, -0.25) is 4.90 Å². The van der Waals surface area contributed by atoms with E-state index in [4.69, 9.17) is 14.7 Å². The van der Waals surface area contributed by atoms with Crippen LogP contribution in [0.4, 0.5) is 0 Å². The smallest absolute Gasteiger partial charge is 0.156 e. The van der Waals surface area contributed by atoms with Crippen LogP contribution < -0.4 is 4.74 Å². The molecule has 0 N–H and O–H groups in total. The molecular formula is C15H18N2O2. The zero-order valence-corrected chi connectivity index (χ0v) is 11.1. The fourth-order valence-corrected chi connectivity index (χ4v) is 2.79. The summed E-state index contributed by atoms with van der Waals surface area (Å²) in [5.41, 5.74) is 2.58. The van der Waals surface area contributed by atoms with Crippen molar-refractivity contribution in [3.8, 4) is 11.8 Å². The van der Waals surface area contributed by atoms with Gasteiger partial charge >= 0.3 is 0 Å². The number of hydrogen-bond acceptors (Lipinski definition) is 4. The quantitative estimate of drug-likeness (QED) is 0.807. The number of hydrogen-bond donors (Lipinski definition) is 0. The Morgan fingerprint density at radius 1 is 1.47 bits per heavy atom. The van der Waals surface area contributed by atoms with Crippen LogP contribution in [-0.2, 0) is 11.2 Å². The number of morpholine rings is 1. The summed E-state index contributed by atoms with van der Waals surface area (Å²) in [6, 6.07) is 8.52. The van der Waals surface area contributed by atoms with Crippen LogP contribution in [0, 0.1) is 18.3 Å². The highest BCUT2D eigenvalue weighted by atomic mass is 16.5. The molecule has 2 heterocycles. The molecule has 2 aliphatic rings. The molecule has 1 aromatic carbocycles. The van der Waals surface area contributed by atoms with Crippen molar-refractivity contribution in [1.29, 1.82) is 5.26 Å².